The van der Waals surface area contributed by atoms with Crippen molar-refractivity contribution in [2.45, 2.75) is 0 Å². The summed E-state index contributed by atoms with van der Waals surface area (Å²) in [4.78, 5) is 22.0. The summed E-state index contributed by atoms with van der Waals surface area (Å²) in [5, 5.41) is 18.9. The van der Waals surface area contributed by atoms with Crippen LogP contribution >= 0.6 is 0 Å². The molecule has 0 bridgehead atoms. The molecular formula is C12H10O5. The first kappa shape index (κ1) is 12.7. The van der Waals surface area contributed by atoms with Gasteiger partial charge in [0.2, 0.25) is 0 Å². The Morgan fingerprint density at radius 2 is 1.24 bits per heavy atom. The van der Waals surface area contributed by atoms with E-state index in [-0.39, 0.29) is 22.0 Å². The molecule has 88 valence electrons. The minimum absolute atomic E-state index is 0. The predicted octanol–water partition coefficient (Wildman–Crippen LogP) is 1.41. The standard InChI is InChI=1S/C12H8O4.H2O/c13-11(14)8-5-1-3-7-4-2-6-9(10(7)8)12(15)16;/h1-6H,(H,13,14)(H,15,16);1H2. The van der Waals surface area contributed by atoms with E-state index < -0.39 is 11.9 Å². The molecule has 0 unspecified atom stereocenters. The van der Waals surface area contributed by atoms with E-state index in [1.807, 2.05) is 0 Å². The Morgan fingerprint density at radius 1 is 0.824 bits per heavy atom. The third-order valence-corrected chi connectivity index (χ3v) is 2.37. The number of fused-ring (bicyclic) bond motifs is 1. The maximum Gasteiger partial charge on any atom is 0.336 e. The Hall–Kier alpha value is -2.40. The van der Waals surface area contributed by atoms with Gasteiger partial charge in [-0.05, 0) is 17.5 Å². The number of carbonyl (C=O) groups is 2. The lowest BCUT2D eigenvalue weighted by Gasteiger charge is -2.05. The lowest BCUT2D eigenvalue weighted by molar-refractivity contribution is 0.0695. The van der Waals surface area contributed by atoms with Crippen LogP contribution in [0, 0.1) is 0 Å². The van der Waals surface area contributed by atoms with Crippen LogP contribution in [0.4, 0.5) is 0 Å². The first-order valence-electron chi connectivity index (χ1n) is 4.59. The third kappa shape index (κ3) is 2.09. The number of hydrogen-bond donors (Lipinski definition) is 2. The predicted molar refractivity (Wildman–Crippen MR) is 61.5 cm³/mol. The second-order valence-electron chi connectivity index (χ2n) is 3.32. The van der Waals surface area contributed by atoms with Crippen molar-refractivity contribution in [3.05, 3.63) is 47.5 Å². The lowest BCUT2D eigenvalue weighted by atomic mass is 9.99. The number of benzene rings is 2. The van der Waals surface area contributed by atoms with Crippen LogP contribution in [0.5, 0.6) is 0 Å². The molecular weight excluding hydrogens is 224 g/mol. The first-order chi connectivity index (χ1) is 7.61. The topological polar surface area (TPSA) is 106 Å². The zero-order valence-corrected chi connectivity index (χ0v) is 8.68. The van der Waals surface area contributed by atoms with Crippen molar-refractivity contribution in [2.24, 2.45) is 0 Å². The van der Waals surface area contributed by atoms with Crippen molar-refractivity contribution in [1.82, 2.24) is 0 Å². The van der Waals surface area contributed by atoms with Gasteiger partial charge in [0, 0.05) is 5.39 Å². The minimum Gasteiger partial charge on any atom is -0.478 e. The molecule has 0 saturated heterocycles. The number of carboxylic acid groups (broad SMARTS) is 2. The summed E-state index contributed by atoms with van der Waals surface area (Å²) in [5.41, 5.74) is 0.0194. The summed E-state index contributed by atoms with van der Waals surface area (Å²) in [5.74, 6) is -2.25. The van der Waals surface area contributed by atoms with Gasteiger partial charge >= 0.3 is 11.9 Å². The second kappa shape index (κ2) is 4.63. The van der Waals surface area contributed by atoms with Gasteiger partial charge < -0.3 is 15.7 Å². The van der Waals surface area contributed by atoms with Crippen molar-refractivity contribution in [3.8, 4) is 0 Å². The molecule has 0 fully saturated rings. The molecule has 0 radical (unpaired) electrons. The van der Waals surface area contributed by atoms with Gasteiger partial charge in [0.25, 0.3) is 0 Å². The normalized spacial score (nSPS) is 9.65. The van der Waals surface area contributed by atoms with Crippen LogP contribution in [0.15, 0.2) is 36.4 Å². The molecule has 17 heavy (non-hydrogen) atoms. The van der Waals surface area contributed by atoms with E-state index in [4.69, 9.17) is 10.2 Å². The molecule has 0 aromatic heterocycles. The molecule has 0 heterocycles. The van der Waals surface area contributed by atoms with Gasteiger partial charge in [-0.15, -0.1) is 0 Å². The maximum atomic E-state index is 11.0. The Balaban J connectivity index is 0.00000144. The van der Waals surface area contributed by atoms with Crippen LogP contribution < -0.4 is 0 Å². The van der Waals surface area contributed by atoms with Crippen LogP contribution in [0.25, 0.3) is 10.8 Å². The lowest BCUT2D eigenvalue weighted by Crippen LogP contribution is -2.03. The van der Waals surface area contributed by atoms with Crippen molar-refractivity contribution in [2.75, 3.05) is 0 Å². The molecule has 5 nitrogen and oxygen atoms in total. The van der Waals surface area contributed by atoms with Gasteiger partial charge in [-0.25, -0.2) is 9.59 Å². The van der Waals surface area contributed by atoms with Crippen molar-refractivity contribution >= 4 is 22.7 Å². The molecule has 0 spiro atoms. The average Bonchev–Trinajstić information content (AvgIpc) is 2.27. The van der Waals surface area contributed by atoms with Gasteiger partial charge in [0.1, 0.15) is 0 Å². The number of rotatable bonds is 2. The Bertz CT molecular complexity index is 540. The quantitative estimate of drug-likeness (QED) is 0.819. The van der Waals surface area contributed by atoms with E-state index in [0.717, 1.165) is 0 Å². The van der Waals surface area contributed by atoms with Crippen molar-refractivity contribution in [1.29, 1.82) is 0 Å². The summed E-state index contributed by atoms with van der Waals surface area (Å²) < 4.78 is 0. The molecule has 0 aliphatic heterocycles. The molecule has 4 N–H and O–H groups in total. The van der Waals surface area contributed by atoms with E-state index in [0.29, 0.717) is 5.39 Å². The van der Waals surface area contributed by atoms with Gasteiger partial charge in [-0.2, -0.15) is 0 Å². The highest BCUT2D eigenvalue weighted by atomic mass is 16.4. The van der Waals surface area contributed by atoms with Crippen LogP contribution in [0.2, 0.25) is 0 Å². The van der Waals surface area contributed by atoms with E-state index in [2.05, 4.69) is 0 Å². The summed E-state index contributed by atoms with van der Waals surface area (Å²) in [7, 11) is 0. The van der Waals surface area contributed by atoms with Gasteiger partial charge in [0.05, 0.1) is 11.1 Å². The largest absolute Gasteiger partial charge is 0.478 e. The van der Waals surface area contributed by atoms with Crippen LogP contribution in [0.1, 0.15) is 20.7 Å². The molecule has 0 atom stereocenters. The Morgan fingerprint density at radius 3 is 1.59 bits per heavy atom. The summed E-state index contributed by atoms with van der Waals surface area (Å²) in [6, 6.07) is 9.37. The highest BCUT2D eigenvalue weighted by Crippen LogP contribution is 2.23. The van der Waals surface area contributed by atoms with Gasteiger partial charge in [-0.3, -0.25) is 0 Å². The summed E-state index contributed by atoms with van der Waals surface area (Å²) in [6.07, 6.45) is 0. The molecule has 5 heteroatoms. The van der Waals surface area contributed by atoms with Crippen molar-refractivity contribution < 1.29 is 25.3 Å². The van der Waals surface area contributed by atoms with E-state index >= 15 is 0 Å². The summed E-state index contributed by atoms with van der Waals surface area (Å²) in [6.45, 7) is 0. The smallest absolute Gasteiger partial charge is 0.336 e. The third-order valence-electron chi connectivity index (χ3n) is 2.37. The molecule has 0 aliphatic rings. The van der Waals surface area contributed by atoms with Crippen LogP contribution in [0.3, 0.4) is 0 Å². The molecule has 2 aromatic rings. The van der Waals surface area contributed by atoms with E-state index in [9.17, 15) is 9.59 Å². The maximum absolute atomic E-state index is 11.0. The average molecular weight is 234 g/mol. The highest BCUT2D eigenvalue weighted by molar-refractivity contribution is 6.12. The van der Waals surface area contributed by atoms with E-state index in [1.165, 1.54) is 12.1 Å². The molecule has 0 amide bonds. The Labute approximate surface area is 96.2 Å². The van der Waals surface area contributed by atoms with Gasteiger partial charge in [0.15, 0.2) is 0 Å². The van der Waals surface area contributed by atoms with E-state index in [1.54, 1.807) is 24.3 Å². The summed E-state index contributed by atoms with van der Waals surface area (Å²) >= 11 is 0. The number of aromatic carboxylic acids is 2. The molecule has 0 aliphatic carbocycles. The first-order valence-corrected chi connectivity index (χ1v) is 4.59. The monoisotopic (exact) mass is 234 g/mol. The second-order valence-corrected chi connectivity index (χ2v) is 3.32. The van der Waals surface area contributed by atoms with Gasteiger partial charge in [-0.1, -0.05) is 24.3 Å². The molecule has 2 aromatic carbocycles. The zero-order valence-electron chi connectivity index (χ0n) is 8.68. The fourth-order valence-electron chi connectivity index (χ4n) is 1.70. The zero-order chi connectivity index (χ0) is 11.7. The number of hydrogen-bond acceptors (Lipinski definition) is 2. The molecule has 2 rings (SSSR count). The molecule has 0 saturated carbocycles. The Kier molecular flexibility index (Phi) is 3.45. The fourth-order valence-corrected chi connectivity index (χ4v) is 1.70. The number of carboxylic acids is 2. The fraction of sp³-hybridized carbons (Fsp3) is 0. The SMILES string of the molecule is O.O=C(O)c1cccc2cccc(C(=O)O)c12. The van der Waals surface area contributed by atoms with Crippen LogP contribution in [-0.2, 0) is 0 Å². The highest BCUT2D eigenvalue weighted by Gasteiger charge is 2.15. The minimum atomic E-state index is -1.13. The van der Waals surface area contributed by atoms with Crippen molar-refractivity contribution in [3.63, 3.8) is 0 Å². The van der Waals surface area contributed by atoms with Crippen LogP contribution in [-0.4, -0.2) is 27.6 Å².